The third-order valence-electron chi connectivity index (χ3n) is 2.45. The molecule has 0 fully saturated rings. The van der Waals surface area contributed by atoms with Gasteiger partial charge in [-0.15, -0.1) is 0 Å². The molecule has 0 aliphatic heterocycles. The number of hydrogen-bond acceptors (Lipinski definition) is 3. The zero-order valence-electron chi connectivity index (χ0n) is 9.79. The van der Waals surface area contributed by atoms with Crippen molar-refractivity contribution in [3.63, 3.8) is 0 Å². The molecule has 0 aliphatic rings. The number of rotatable bonds is 4. The Morgan fingerprint density at radius 1 is 1.50 bits per heavy atom. The van der Waals surface area contributed by atoms with Crippen LogP contribution < -0.4 is 4.90 Å². The summed E-state index contributed by atoms with van der Waals surface area (Å²) in [5, 5.41) is 0. The SMILES string of the molecule is COC(=O)CCN(C)c1ccc(Br)cc1C. The molecule has 0 atom stereocenters. The summed E-state index contributed by atoms with van der Waals surface area (Å²) in [4.78, 5) is 13.1. The summed E-state index contributed by atoms with van der Waals surface area (Å²) >= 11 is 3.43. The van der Waals surface area contributed by atoms with Crippen molar-refractivity contribution in [2.75, 3.05) is 25.6 Å². The van der Waals surface area contributed by atoms with Crippen LogP contribution in [0.2, 0.25) is 0 Å². The molecule has 1 rings (SSSR count). The number of carbonyl (C=O) groups excluding carboxylic acids is 1. The fourth-order valence-corrected chi connectivity index (χ4v) is 2.00. The maximum absolute atomic E-state index is 11.0. The monoisotopic (exact) mass is 285 g/mol. The molecule has 0 aliphatic carbocycles. The number of aryl methyl sites for hydroxylation is 1. The van der Waals surface area contributed by atoms with Crippen LogP contribution in [0.3, 0.4) is 0 Å². The molecule has 1 aromatic rings. The molecule has 3 nitrogen and oxygen atoms in total. The van der Waals surface area contributed by atoms with E-state index in [2.05, 4.69) is 38.6 Å². The Kier molecular flexibility index (Phi) is 4.80. The van der Waals surface area contributed by atoms with Gasteiger partial charge in [-0.3, -0.25) is 4.79 Å². The van der Waals surface area contributed by atoms with Gasteiger partial charge in [0.05, 0.1) is 13.5 Å². The second-order valence-electron chi connectivity index (χ2n) is 3.68. The highest BCUT2D eigenvalue weighted by molar-refractivity contribution is 9.10. The van der Waals surface area contributed by atoms with Crippen molar-refractivity contribution in [1.29, 1.82) is 0 Å². The summed E-state index contributed by atoms with van der Waals surface area (Å²) in [7, 11) is 3.38. The summed E-state index contributed by atoms with van der Waals surface area (Å²) in [5.41, 5.74) is 2.31. The smallest absolute Gasteiger partial charge is 0.307 e. The molecule has 0 saturated carbocycles. The molecule has 0 saturated heterocycles. The van der Waals surface area contributed by atoms with Gasteiger partial charge in [-0.2, -0.15) is 0 Å². The van der Waals surface area contributed by atoms with E-state index in [-0.39, 0.29) is 5.97 Å². The van der Waals surface area contributed by atoms with Crippen molar-refractivity contribution in [3.8, 4) is 0 Å². The van der Waals surface area contributed by atoms with Crippen LogP contribution in [0.15, 0.2) is 22.7 Å². The van der Waals surface area contributed by atoms with Gasteiger partial charge in [0.2, 0.25) is 0 Å². The van der Waals surface area contributed by atoms with Crippen LogP contribution in [0.25, 0.3) is 0 Å². The minimum Gasteiger partial charge on any atom is -0.469 e. The number of anilines is 1. The van der Waals surface area contributed by atoms with E-state index in [0.29, 0.717) is 13.0 Å². The van der Waals surface area contributed by atoms with E-state index in [1.807, 2.05) is 19.2 Å². The van der Waals surface area contributed by atoms with Gasteiger partial charge in [0.1, 0.15) is 0 Å². The van der Waals surface area contributed by atoms with Crippen LogP contribution in [0, 0.1) is 6.92 Å². The Labute approximate surface area is 105 Å². The summed E-state index contributed by atoms with van der Waals surface area (Å²) in [6, 6.07) is 6.09. The van der Waals surface area contributed by atoms with Crippen molar-refractivity contribution in [3.05, 3.63) is 28.2 Å². The van der Waals surface area contributed by atoms with Gasteiger partial charge in [-0.1, -0.05) is 15.9 Å². The fourth-order valence-electron chi connectivity index (χ4n) is 1.53. The average Bonchev–Trinajstić information content (AvgIpc) is 2.25. The van der Waals surface area contributed by atoms with Gasteiger partial charge < -0.3 is 9.64 Å². The zero-order chi connectivity index (χ0) is 12.1. The number of methoxy groups -OCH3 is 1. The lowest BCUT2D eigenvalue weighted by Crippen LogP contribution is -2.22. The molecule has 0 radical (unpaired) electrons. The maximum atomic E-state index is 11.0. The van der Waals surface area contributed by atoms with Crippen LogP contribution in [-0.4, -0.2) is 26.7 Å². The minimum atomic E-state index is -0.179. The second kappa shape index (κ2) is 5.89. The first kappa shape index (κ1) is 13.0. The van der Waals surface area contributed by atoms with Crippen molar-refractivity contribution >= 4 is 27.6 Å². The molecular formula is C12H16BrNO2. The molecule has 0 bridgehead atoms. The maximum Gasteiger partial charge on any atom is 0.307 e. The Hall–Kier alpha value is -1.03. The molecule has 0 heterocycles. The van der Waals surface area contributed by atoms with Gasteiger partial charge in [0, 0.05) is 23.8 Å². The second-order valence-corrected chi connectivity index (χ2v) is 4.59. The molecule has 4 heteroatoms. The Bertz CT molecular complexity index is 379. The van der Waals surface area contributed by atoms with Crippen LogP contribution in [0.1, 0.15) is 12.0 Å². The molecule has 0 N–H and O–H groups in total. The van der Waals surface area contributed by atoms with E-state index < -0.39 is 0 Å². The zero-order valence-corrected chi connectivity index (χ0v) is 11.4. The quantitative estimate of drug-likeness (QED) is 0.797. The van der Waals surface area contributed by atoms with Crippen molar-refractivity contribution < 1.29 is 9.53 Å². The van der Waals surface area contributed by atoms with Crippen LogP contribution in [0.4, 0.5) is 5.69 Å². The molecule has 0 unspecified atom stereocenters. The highest BCUT2D eigenvalue weighted by Gasteiger charge is 2.07. The Morgan fingerprint density at radius 2 is 2.19 bits per heavy atom. The van der Waals surface area contributed by atoms with Crippen LogP contribution in [0.5, 0.6) is 0 Å². The molecule has 1 aromatic carbocycles. The standard InChI is InChI=1S/C12H16BrNO2/c1-9-8-10(13)4-5-11(9)14(2)7-6-12(15)16-3/h4-5,8H,6-7H2,1-3H3. The first-order valence-electron chi connectivity index (χ1n) is 5.08. The number of halogens is 1. The Morgan fingerprint density at radius 3 is 2.75 bits per heavy atom. The third-order valence-corrected chi connectivity index (χ3v) is 2.94. The van der Waals surface area contributed by atoms with E-state index in [1.54, 1.807) is 0 Å². The largest absolute Gasteiger partial charge is 0.469 e. The Balaban J connectivity index is 2.65. The molecule has 0 spiro atoms. The lowest BCUT2D eigenvalue weighted by Gasteiger charge is -2.20. The highest BCUT2D eigenvalue weighted by atomic mass is 79.9. The van der Waals surface area contributed by atoms with Crippen molar-refractivity contribution in [1.82, 2.24) is 0 Å². The van der Waals surface area contributed by atoms with E-state index in [9.17, 15) is 4.79 Å². The lowest BCUT2D eigenvalue weighted by atomic mass is 10.2. The number of nitrogens with zero attached hydrogens (tertiary/aromatic N) is 1. The predicted molar refractivity (Wildman–Crippen MR) is 68.8 cm³/mol. The topological polar surface area (TPSA) is 29.5 Å². The number of esters is 1. The fraction of sp³-hybridized carbons (Fsp3) is 0.417. The van der Waals surface area contributed by atoms with Crippen molar-refractivity contribution in [2.45, 2.75) is 13.3 Å². The van der Waals surface area contributed by atoms with Gasteiger partial charge in [-0.05, 0) is 30.7 Å². The number of benzene rings is 1. The lowest BCUT2D eigenvalue weighted by molar-refractivity contribution is -0.140. The van der Waals surface area contributed by atoms with Gasteiger partial charge in [0.25, 0.3) is 0 Å². The summed E-state index contributed by atoms with van der Waals surface area (Å²) < 4.78 is 5.68. The predicted octanol–water partition coefficient (Wildman–Crippen LogP) is 2.76. The van der Waals surface area contributed by atoms with E-state index in [0.717, 1.165) is 10.2 Å². The number of ether oxygens (including phenoxy) is 1. The normalized spacial score (nSPS) is 10.0. The van der Waals surface area contributed by atoms with E-state index in [1.165, 1.54) is 12.7 Å². The van der Waals surface area contributed by atoms with Crippen LogP contribution >= 0.6 is 15.9 Å². The van der Waals surface area contributed by atoms with Gasteiger partial charge in [-0.25, -0.2) is 0 Å². The first-order chi connectivity index (χ1) is 7.54. The van der Waals surface area contributed by atoms with E-state index >= 15 is 0 Å². The highest BCUT2D eigenvalue weighted by Crippen LogP contribution is 2.22. The minimum absolute atomic E-state index is 0.179. The van der Waals surface area contributed by atoms with Crippen molar-refractivity contribution in [2.24, 2.45) is 0 Å². The average molecular weight is 286 g/mol. The number of hydrogen-bond donors (Lipinski definition) is 0. The first-order valence-corrected chi connectivity index (χ1v) is 5.88. The molecule has 0 amide bonds. The summed E-state index contributed by atoms with van der Waals surface area (Å²) in [6.07, 6.45) is 0.405. The summed E-state index contributed by atoms with van der Waals surface area (Å²) in [6.45, 7) is 2.71. The summed E-state index contributed by atoms with van der Waals surface area (Å²) in [5.74, 6) is -0.179. The van der Waals surface area contributed by atoms with Crippen LogP contribution in [-0.2, 0) is 9.53 Å². The third kappa shape index (κ3) is 3.52. The molecule has 0 aromatic heterocycles. The van der Waals surface area contributed by atoms with Gasteiger partial charge in [0.15, 0.2) is 0 Å². The van der Waals surface area contributed by atoms with Gasteiger partial charge >= 0.3 is 5.97 Å². The molecule has 88 valence electrons. The number of carbonyl (C=O) groups is 1. The van der Waals surface area contributed by atoms with E-state index in [4.69, 9.17) is 0 Å². The molecular weight excluding hydrogens is 270 g/mol. The molecule has 16 heavy (non-hydrogen) atoms.